The average molecular weight is 393 g/mol. The molecule has 1 N–H and O–H groups in total. The van der Waals surface area contributed by atoms with Crippen molar-refractivity contribution in [2.24, 2.45) is 0 Å². The van der Waals surface area contributed by atoms with Crippen molar-refractivity contribution in [2.45, 2.75) is 0 Å². The minimum Gasteiger partial charge on any atom is -0.395 e. The van der Waals surface area contributed by atoms with Crippen molar-refractivity contribution in [3.63, 3.8) is 0 Å². The lowest BCUT2D eigenvalue weighted by molar-refractivity contribution is -0.402. The first-order valence-electron chi connectivity index (χ1n) is 8.25. The molecule has 0 spiro atoms. The highest BCUT2D eigenvalue weighted by molar-refractivity contribution is 6.30. The van der Waals surface area contributed by atoms with Gasteiger partial charge in [0.2, 0.25) is 5.91 Å². The average Bonchev–Trinajstić information content (AvgIpc) is 3.17. The Morgan fingerprint density at radius 2 is 1.93 bits per heavy atom. The van der Waals surface area contributed by atoms with E-state index in [4.69, 9.17) is 16.0 Å². The van der Waals surface area contributed by atoms with E-state index in [1.165, 1.54) is 6.07 Å². The molecule has 1 aliphatic rings. The van der Waals surface area contributed by atoms with E-state index in [2.05, 4.69) is 10.2 Å². The zero-order chi connectivity index (χ0) is 19.4. The lowest BCUT2D eigenvalue weighted by atomic mass is 10.2. The van der Waals surface area contributed by atoms with Crippen LogP contribution in [0.15, 0.2) is 40.8 Å². The van der Waals surface area contributed by atoms with Gasteiger partial charge in [0.1, 0.15) is 4.92 Å². The molecule has 1 fully saturated rings. The molecule has 1 aromatic heterocycles. The maximum Gasteiger partial charge on any atom is 0.433 e. The molecule has 2 heterocycles. The molecule has 0 unspecified atom stereocenters. The van der Waals surface area contributed by atoms with E-state index in [-0.39, 0.29) is 18.2 Å². The van der Waals surface area contributed by atoms with Gasteiger partial charge in [-0.2, -0.15) is 0 Å². The Labute approximate surface area is 159 Å². The summed E-state index contributed by atoms with van der Waals surface area (Å²) in [5.74, 6) is -1.63. The van der Waals surface area contributed by atoms with Crippen LogP contribution in [0.4, 0.5) is 11.6 Å². The first-order chi connectivity index (χ1) is 12.9. The Bertz CT molecular complexity index is 861. The van der Waals surface area contributed by atoms with Gasteiger partial charge in [-0.25, -0.2) is 0 Å². The predicted molar refractivity (Wildman–Crippen MR) is 97.9 cm³/mol. The van der Waals surface area contributed by atoms with Crippen molar-refractivity contribution in [1.82, 2.24) is 10.2 Å². The van der Waals surface area contributed by atoms with Crippen LogP contribution in [0, 0.1) is 10.1 Å². The van der Waals surface area contributed by atoms with Gasteiger partial charge in [-0.3, -0.25) is 19.7 Å². The minimum absolute atomic E-state index is 0.204. The smallest absolute Gasteiger partial charge is 0.395 e. The molecule has 0 radical (unpaired) electrons. The van der Waals surface area contributed by atoms with Crippen LogP contribution in [0.5, 0.6) is 0 Å². The normalized spacial score (nSPS) is 14.1. The number of carbonyl (C=O) groups excluding carboxylic acids is 2. The Kier molecular flexibility index (Phi) is 5.60. The second-order valence-corrected chi connectivity index (χ2v) is 6.36. The van der Waals surface area contributed by atoms with Crippen LogP contribution in [0.25, 0.3) is 0 Å². The quantitative estimate of drug-likeness (QED) is 0.615. The second kappa shape index (κ2) is 8.09. The predicted octanol–water partition coefficient (Wildman–Crippen LogP) is 1.92. The Morgan fingerprint density at radius 3 is 2.56 bits per heavy atom. The Balaban J connectivity index is 1.48. The van der Waals surface area contributed by atoms with Crippen molar-refractivity contribution < 1.29 is 18.9 Å². The molecule has 27 heavy (non-hydrogen) atoms. The summed E-state index contributed by atoms with van der Waals surface area (Å²) in [6, 6.07) is 9.81. The zero-order valence-corrected chi connectivity index (χ0v) is 15.0. The summed E-state index contributed by atoms with van der Waals surface area (Å²) in [6.45, 7) is 2.15. The number of hydrogen-bond acceptors (Lipinski definition) is 6. The van der Waals surface area contributed by atoms with Crippen molar-refractivity contribution in [1.29, 1.82) is 0 Å². The van der Waals surface area contributed by atoms with Crippen molar-refractivity contribution in [3.8, 4) is 0 Å². The first kappa shape index (κ1) is 18.7. The van der Waals surface area contributed by atoms with Crippen LogP contribution in [0.3, 0.4) is 0 Å². The van der Waals surface area contributed by atoms with Gasteiger partial charge in [-0.1, -0.05) is 17.7 Å². The third-order valence-corrected chi connectivity index (χ3v) is 4.44. The molecule has 1 aliphatic heterocycles. The second-order valence-electron chi connectivity index (χ2n) is 5.93. The molecule has 9 nitrogen and oxygen atoms in total. The van der Waals surface area contributed by atoms with E-state index in [0.29, 0.717) is 31.2 Å². The summed E-state index contributed by atoms with van der Waals surface area (Å²) in [4.78, 5) is 37.8. The highest BCUT2D eigenvalue weighted by atomic mass is 35.5. The van der Waals surface area contributed by atoms with Gasteiger partial charge in [0.05, 0.1) is 12.6 Å². The van der Waals surface area contributed by atoms with Crippen LogP contribution < -0.4 is 10.2 Å². The number of rotatable bonds is 5. The number of anilines is 1. The number of nitrogens with one attached hydrogen (secondary N) is 1. The van der Waals surface area contributed by atoms with E-state index >= 15 is 0 Å². The molecule has 2 amide bonds. The van der Waals surface area contributed by atoms with Gasteiger partial charge >= 0.3 is 5.88 Å². The number of hydrogen-bond donors (Lipinski definition) is 1. The van der Waals surface area contributed by atoms with Crippen molar-refractivity contribution in [2.75, 3.05) is 37.6 Å². The summed E-state index contributed by atoms with van der Waals surface area (Å²) in [6.07, 6.45) is 0. The van der Waals surface area contributed by atoms with E-state index in [9.17, 15) is 19.7 Å². The zero-order valence-electron chi connectivity index (χ0n) is 14.3. The number of nitrogens with zero attached hydrogens (tertiary/aromatic N) is 3. The molecule has 0 atom stereocenters. The van der Waals surface area contributed by atoms with Gasteiger partial charge in [-0.15, -0.1) is 0 Å². The molecule has 10 heteroatoms. The number of carbonyl (C=O) groups is 2. The molecule has 2 aromatic rings. The fraction of sp³-hybridized carbons (Fsp3) is 0.294. The SMILES string of the molecule is O=C(NCC(=O)N1CCN(c2cccc(Cl)c2)CC1)c1ccc([N+](=O)[O-])o1. The van der Waals surface area contributed by atoms with Gasteiger partial charge in [0.15, 0.2) is 5.76 Å². The maximum atomic E-state index is 12.3. The molecule has 142 valence electrons. The highest BCUT2D eigenvalue weighted by Crippen LogP contribution is 2.20. The summed E-state index contributed by atoms with van der Waals surface area (Å²) in [5, 5.41) is 13.6. The molecular weight excluding hydrogens is 376 g/mol. The molecule has 3 rings (SSSR count). The summed E-state index contributed by atoms with van der Waals surface area (Å²) < 4.78 is 4.80. The molecular formula is C17H17ClN4O5. The molecule has 1 aromatic carbocycles. The van der Waals surface area contributed by atoms with Crippen LogP contribution in [-0.4, -0.2) is 54.4 Å². The van der Waals surface area contributed by atoms with Crippen LogP contribution in [-0.2, 0) is 4.79 Å². The number of piperazine rings is 1. The first-order valence-corrected chi connectivity index (χ1v) is 8.62. The number of halogens is 1. The summed E-state index contributed by atoms with van der Waals surface area (Å²) >= 11 is 6.01. The summed E-state index contributed by atoms with van der Waals surface area (Å²) in [5.41, 5.74) is 1.00. The van der Waals surface area contributed by atoms with Gasteiger partial charge in [-0.05, 0) is 24.3 Å². The molecule has 0 saturated carbocycles. The van der Waals surface area contributed by atoms with Gasteiger partial charge < -0.3 is 19.5 Å². The lowest BCUT2D eigenvalue weighted by Crippen LogP contribution is -2.51. The maximum absolute atomic E-state index is 12.3. The monoisotopic (exact) mass is 392 g/mol. The van der Waals surface area contributed by atoms with Crippen LogP contribution in [0.1, 0.15) is 10.6 Å². The highest BCUT2D eigenvalue weighted by Gasteiger charge is 2.23. The Hall–Kier alpha value is -3.07. The fourth-order valence-electron chi connectivity index (χ4n) is 2.79. The van der Waals surface area contributed by atoms with E-state index in [0.717, 1.165) is 11.8 Å². The molecule has 1 saturated heterocycles. The van der Waals surface area contributed by atoms with Gasteiger partial charge in [0.25, 0.3) is 5.91 Å². The van der Waals surface area contributed by atoms with E-state index < -0.39 is 16.7 Å². The van der Waals surface area contributed by atoms with Crippen LogP contribution in [0.2, 0.25) is 5.02 Å². The molecule has 0 aliphatic carbocycles. The van der Waals surface area contributed by atoms with Crippen molar-refractivity contribution >= 4 is 35.0 Å². The number of nitro groups is 1. The topological polar surface area (TPSA) is 109 Å². The third-order valence-electron chi connectivity index (χ3n) is 4.20. The summed E-state index contributed by atoms with van der Waals surface area (Å²) in [7, 11) is 0. The van der Waals surface area contributed by atoms with Crippen LogP contribution >= 0.6 is 11.6 Å². The van der Waals surface area contributed by atoms with E-state index in [1.807, 2.05) is 18.2 Å². The Morgan fingerprint density at radius 1 is 1.19 bits per heavy atom. The minimum atomic E-state index is -0.735. The number of benzene rings is 1. The third kappa shape index (κ3) is 4.56. The van der Waals surface area contributed by atoms with E-state index in [1.54, 1.807) is 11.0 Å². The van der Waals surface area contributed by atoms with Gasteiger partial charge in [0, 0.05) is 36.9 Å². The number of amides is 2. The van der Waals surface area contributed by atoms with Crippen molar-refractivity contribution in [3.05, 3.63) is 57.3 Å². The lowest BCUT2D eigenvalue weighted by Gasteiger charge is -2.36. The molecule has 0 bridgehead atoms. The fourth-order valence-corrected chi connectivity index (χ4v) is 2.97. The number of furan rings is 1. The standard InChI is InChI=1S/C17H17ClN4O5/c18-12-2-1-3-13(10-12)20-6-8-21(9-7-20)15(23)11-19-17(24)14-4-5-16(27-14)22(25)26/h1-5,10H,6-9,11H2,(H,19,24). The largest absolute Gasteiger partial charge is 0.433 e.